The molecule has 1 spiro atoms. The minimum absolute atomic E-state index is 0.243. The van der Waals surface area contributed by atoms with Crippen LogP contribution >= 0.6 is 11.3 Å². The lowest BCUT2D eigenvalue weighted by Crippen LogP contribution is -2.40. The van der Waals surface area contributed by atoms with Crippen LogP contribution in [0.1, 0.15) is 22.9 Å². The predicted molar refractivity (Wildman–Crippen MR) is 98.5 cm³/mol. The first kappa shape index (κ1) is 17.1. The SMILES string of the molecule is Cc1nc(CN2CCOCC3(CCN(Cc4nccn4C)C3)C2)cs1. The molecule has 6 nitrogen and oxygen atoms in total. The van der Waals surface area contributed by atoms with Crippen LogP contribution in [-0.2, 0) is 24.9 Å². The van der Waals surface area contributed by atoms with Crippen molar-refractivity contribution in [1.82, 2.24) is 24.3 Å². The van der Waals surface area contributed by atoms with Crippen LogP contribution in [0.3, 0.4) is 0 Å². The molecule has 136 valence electrons. The van der Waals surface area contributed by atoms with E-state index in [9.17, 15) is 0 Å². The van der Waals surface area contributed by atoms with Crippen LogP contribution < -0.4 is 0 Å². The van der Waals surface area contributed by atoms with Crippen molar-refractivity contribution in [1.29, 1.82) is 0 Å². The second kappa shape index (κ2) is 7.15. The topological polar surface area (TPSA) is 46.4 Å². The molecule has 0 saturated carbocycles. The van der Waals surface area contributed by atoms with Crippen molar-refractivity contribution in [2.75, 3.05) is 39.4 Å². The Morgan fingerprint density at radius 2 is 2.08 bits per heavy atom. The average Bonchev–Trinajstić information content (AvgIpc) is 3.23. The molecule has 2 aliphatic rings. The minimum Gasteiger partial charge on any atom is -0.379 e. The molecule has 2 aromatic heterocycles. The number of thiazole rings is 1. The number of aryl methyl sites for hydroxylation is 2. The largest absolute Gasteiger partial charge is 0.379 e. The smallest absolute Gasteiger partial charge is 0.122 e. The zero-order valence-corrected chi connectivity index (χ0v) is 16.0. The molecule has 2 saturated heterocycles. The summed E-state index contributed by atoms with van der Waals surface area (Å²) in [6.45, 7) is 9.95. The highest BCUT2D eigenvalue weighted by Crippen LogP contribution is 2.34. The van der Waals surface area contributed by atoms with Crippen molar-refractivity contribution in [2.45, 2.75) is 26.4 Å². The molecule has 25 heavy (non-hydrogen) atoms. The van der Waals surface area contributed by atoms with Crippen molar-refractivity contribution >= 4 is 11.3 Å². The molecule has 0 aliphatic carbocycles. The molecule has 2 aromatic rings. The van der Waals surface area contributed by atoms with Gasteiger partial charge in [0.25, 0.3) is 0 Å². The highest BCUT2D eigenvalue weighted by Gasteiger charge is 2.41. The number of imidazole rings is 1. The molecule has 7 heteroatoms. The molecule has 4 rings (SSSR count). The number of hydrogen-bond donors (Lipinski definition) is 0. The number of likely N-dealkylation sites (tertiary alicyclic amines) is 1. The predicted octanol–water partition coefficient (Wildman–Crippen LogP) is 1.91. The third kappa shape index (κ3) is 3.95. The molecule has 1 unspecified atom stereocenters. The Morgan fingerprint density at radius 3 is 2.80 bits per heavy atom. The van der Waals surface area contributed by atoms with Crippen molar-refractivity contribution < 1.29 is 4.74 Å². The summed E-state index contributed by atoms with van der Waals surface area (Å²) in [4.78, 5) is 14.2. The Kier molecular flexibility index (Phi) is 4.90. The quantitative estimate of drug-likeness (QED) is 0.832. The normalized spacial score (nSPS) is 25.7. The maximum absolute atomic E-state index is 6.01. The maximum atomic E-state index is 6.01. The Morgan fingerprint density at radius 1 is 1.24 bits per heavy atom. The van der Waals surface area contributed by atoms with Crippen molar-refractivity contribution in [2.24, 2.45) is 12.5 Å². The second-order valence-corrected chi connectivity index (χ2v) is 8.60. The summed E-state index contributed by atoms with van der Waals surface area (Å²) >= 11 is 1.74. The summed E-state index contributed by atoms with van der Waals surface area (Å²) < 4.78 is 8.12. The van der Waals surface area contributed by atoms with Gasteiger partial charge in [0, 0.05) is 56.4 Å². The van der Waals surface area contributed by atoms with Crippen LogP contribution in [0.4, 0.5) is 0 Å². The van der Waals surface area contributed by atoms with E-state index in [1.165, 1.54) is 12.1 Å². The molecule has 2 aliphatic heterocycles. The lowest BCUT2D eigenvalue weighted by atomic mass is 9.87. The highest BCUT2D eigenvalue weighted by molar-refractivity contribution is 7.09. The van der Waals surface area contributed by atoms with Crippen LogP contribution in [0, 0.1) is 12.3 Å². The Bertz CT molecular complexity index is 714. The van der Waals surface area contributed by atoms with Gasteiger partial charge in [0.05, 0.1) is 30.5 Å². The summed E-state index contributed by atoms with van der Waals surface area (Å²) in [6.07, 6.45) is 5.10. The summed E-state index contributed by atoms with van der Waals surface area (Å²) in [5, 5.41) is 3.34. The van der Waals surface area contributed by atoms with Crippen LogP contribution in [0.15, 0.2) is 17.8 Å². The van der Waals surface area contributed by atoms with Gasteiger partial charge in [-0.05, 0) is 19.9 Å². The standard InChI is InChI=1S/C18H27N5OS/c1-15-20-16(11-25-15)9-23-7-8-24-14-18(13-23)3-5-22(12-18)10-17-19-4-6-21(17)2/h4,6,11H,3,5,7-10,12-14H2,1-2H3. The van der Waals surface area contributed by atoms with Crippen LogP contribution in [-0.4, -0.2) is 63.7 Å². The molecular weight excluding hydrogens is 334 g/mol. The molecule has 2 fully saturated rings. The zero-order valence-electron chi connectivity index (χ0n) is 15.1. The fraction of sp³-hybridized carbons (Fsp3) is 0.667. The van der Waals surface area contributed by atoms with Gasteiger partial charge in [-0.3, -0.25) is 9.80 Å². The van der Waals surface area contributed by atoms with Gasteiger partial charge in [-0.15, -0.1) is 11.3 Å². The van der Waals surface area contributed by atoms with E-state index in [-0.39, 0.29) is 5.41 Å². The molecule has 4 heterocycles. The minimum atomic E-state index is 0.243. The summed E-state index contributed by atoms with van der Waals surface area (Å²) in [7, 11) is 2.07. The van der Waals surface area contributed by atoms with Gasteiger partial charge in [-0.2, -0.15) is 0 Å². The number of rotatable bonds is 4. The third-order valence-electron chi connectivity index (χ3n) is 5.37. The van der Waals surface area contributed by atoms with Crippen LogP contribution in [0.2, 0.25) is 0 Å². The molecule has 0 N–H and O–H groups in total. The van der Waals surface area contributed by atoms with Crippen molar-refractivity contribution in [3.8, 4) is 0 Å². The van der Waals surface area contributed by atoms with E-state index in [1.54, 1.807) is 11.3 Å². The molecule has 0 amide bonds. The number of aromatic nitrogens is 3. The second-order valence-electron chi connectivity index (χ2n) is 7.54. The first-order valence-corrected chi connectivity index (χ1v) is 9.90. The van der Waals surface area contributed by atoms with Gasteiger partial charge in [-0.1, -0.05) is 0 Å². The van der Waals surface area contributed by atoms with E-state index < -0.39 is 0 Å². The highest BCUT2D eigenvalue weighted by atomic mass is 32.1. The summed E-state index contributed by atoms with van der Waals surface area (Å²) in [6, 6.07) is 0. The van der Waals surface area contributed by atoms with E-state index in [2.05, 4.69) is 43.7 Å². The first-order chi connectivity index (χ1) is 12.1. The van der Waals surface area contributed by atoms with E-state index >= 15 is 0 Å². The number of hydrogen-bond acceptors (Lipinski definition) is 6. The van der Waals surface area contributed by atoms with E-state index in [4.69, 9.17) is 4.74 Å². The van der Waals surface area contributed by atoms with E-state index in [0.29, 0.717) is 0 Å². The van der Waals surface area contributed by atoms with Gasteiger partial charge in [0.2, 0.25) is 0 Å². The van der Waals surface area contributed by atoms with Crippen molar-refractivity contribution in [3.05, 3.63) is 34.3 Å². The summed E-state index contributed by atoms with van der Waals surface area (Å²) in [5.74, 6) is 1.14. The molecule has 1 atom stereocenters. The van der Waals surface area contributed by atoms with Crippen molar-refractivity contribution in [3.63, 3.8) is 0 Å². The van der Waals surface area contributed by atoms with E-state index in [1.807, 2.05) is 12.4 Å². The molecule has 0 aromatic carbocycles. The third-order valence-corrected chi connectivity index (χ3v) is 6.20. The Labute approximate surface area is 153 Å². The number of nitrogens with zero attached hydrogens (tertiary/aromatic N) is 5. The van der Waals surface area contributed by atoms with Gasteiger partial charge in [-0.25, -0.2) is 9.97 Å². The molecular formula is C18H27N5OS. The zero-order chi connectivity index (χ0) is 17.3. The van der Waals surface area contributed by atoms with Crippen LogP contribution in [0.25, 0.3) is 0 Å². The molecule has 0 radical (unpaired) electrons. The average molecular weight is 362 g/mol. The first-order valence-electron chi connectivity index (χ1n) is 9.02. The fourth-order valence-corrected chi connectivity index (χ4v) is 4.69. The molecule has 0 bridgehead atoms. The number of ether oxygens (including phenoxy) is 1. The summed E-state index contributed by atoms with van der Waals surface area (Å²) in [5.41, 5.74) is 1.44. The fourth-order valence-electron chi connectivity index (χ4n) is 4.08. The Hall–Kier alpha value is -1.28. The monoisotopic (exact) mass is 361 g/mol. The van der Waals surface area contributed by atoms with E-state index in [0.717, 1.165) is 63.3 Å². The van der Waals surface area contributed by atoms with Gasteiger partial charge >= 0.3 is 0 Å². The van der Waals surface area contributed by atoms with Gasteiger partial charge < -0.3 is 9.30 Å². The van der Waals surface area contributed by atoms with Gasteiger partial charge in [0.1, 0.15) is 5.82 Å². The van der Waals surface area contributed by atoms with Gasteiger partial charge in [0.15, 0.2) is 0 Å². The maximum Gasteiger partial charge on any atom is 0.122 e. The van der Waals surface area contributed by atoms with Crippen LogP contribution in [0.5, 0.6) is 0 Å². The Balaban J connectivity index is 1.41. The lowest BCUT2D eigenvalue weighted by molar-refractivity contribution is 0.0703. The lowest BCUT2D eigenvalue weighted by Gasteiger charge is -2.31.